The lowest BCUT2D eigenvalue weighted by atomic mass is 10.1. The summed E-state index contributed by atoms with van der Waals surface area (Å²) in [5.41, 5.74) is 2.05. The third-order valence-electron chi connectivity index (χ3n) is 4.35. The Morgan fingerprint density at radius 2 is 1.72 bits per heavy atom. The standard InChI is InChI=1S/C21H20F3N3O2/c1-4-9-29-19-8-6-15(21(22,23)24)11-18(19)27-20(28)14-5-7-16-17(10-14)26-13(3)12(2)25-16/h5-8,10-11H,4,9H2,1-3H3,(H,27,28). The number of benzene rings is 2. The van der Waals surface area contributed by atoms with Crippen LogP contribution in [0.2, 0.25) is 0 Å². The van der Waals surface area contributed by atoms with Gasteiger partial charge in [-0.2, -0.15) is 13.2 Å². The monoisotopic (exact) mass is 403 g/mol. The second-order valence-corrected chi connectivity index (χ2v) is 6.61. The number of ether oxygens (including phenoxy) is 1. The van der Waals surface area contributed by atoms with E-state index < -0.39 is 17.6 Å². The van der Waals surface area contributed by atoms with Crippen molar-refractivity contribution in [3.05, 3.63) is 58.9 Å². The number of aryl methyl sites for hydroxylation is 2. The topological polar surface area (TPSA) is 64.1 Å². The number of carbonyl (C=O) groups is 1. The second kappa shape index (κ2) is 8.06. The molecule has 3 rings (SSSR count). The number of alkyl halides is 3. The van der Waals surface area contributed by atoms with E-state index in [0.717, 1.165) is 23.5 Å². The Hall–Kier alpha value is -3.16. The van der Waals surface area contributed by atoms with Crippen LogP contribution < -0.4 is 10.1 Å². The summed E-state index contributed by atoms with van der Waals surface area (Å²) in [6.07, 6.45) is -3.85. The summed E-state index contributed by atoms with van der Waals surface area (Å²) in [4.78, 5) is 21.5. The Bertz CT molecular complexity index is 1060. The molecule has 3 aromatic rings. The van der Waals surface area contributed by atoms with Crippen LogP contribution in [0.3, 0.4) is 0 Å². The first-order valence-corrected chi connectivity index (χ1v) is 9.09. The summed E-state index contributed by atoms with van der Waals surface area (Å²) in [5, 5.41) is 2.53. The van der Waals surface area contributed by atoms with E-state index in [1.165, 1.54) is 6.07 Å². The highest BCUT2D eigenvalue weighted by atomic mass is 19.4. The molecule has 0 fully saturated rings. The van der Waals surface area contributed by atoms with Gasteiger partial charge in [0.15, 0.2) is 0 Å². The molecule has 1 N–H and O–H groups in total. The number of carbonyl (C=O) groups excluding carboxylic acids is 1. The second-order valence-electron chi connectivity index (χ2n) is 6.61. The van der Waals surface area contributed by atoms with E-state index >= 15 is 0 Å². The van der Waals surface area contributed by atoms with Gasteiger partial charge in [-0.05, 0) is 56.7 Å². The Morgan fingerprint density at radius 3 is 2.38 bits per heavy atom. The minimum atomic E-state index is -4.53. The molecule has 0 bridgehead atoms. The first kappa shape index (κ1) is 20.6. The zero-order valence-electron chi connectivity index (χ0n) is 16.2. The van der Waals surface area contributed by atoms with Gasteiger partial charge in [0.2, 0.25) is 0 Å². The molecule has 8 heteroatoms. The molecule has 1 aromatic heterocycles. The first-order chi connectivity index (χ1) is 13.7. The predicted octanol–water partition coefficient (Wildman–Crippen LogP) is 5.31. The van der Waals surface area contributed by atoms with E-state index in [9.17, 15) is 18.0 Å². The fraction of sp³-hybridized carbons (Fsp3) is 0.286. The smallest absolute Gasteiger partial charge is 0.416 e. The number of nitrogens with zero attached hydrogens (tertiary/aromatic N) is 2. The Morgan fingerprint density at radius 1 is 1.03 bits per heavy atom. The molecule has 0 saturated carbocycles. The lowest BCUT2D eigenvalue weighted by Crippen LogP contribution is -2.15. The van der Waals surface area contributed by atoms with Gasteiger partial charge in [0.1, 0.15) is 5.75 Å². The van der Waals surface area contributed by atoms with Gasteiger partial charge in [-0.3, -0.25) is 4.79 Å². The van der Waals surface area contributed by atoms with Crippen LogP contribution in [0.15, 0.2) is 36.4 Å². The van der Waals surface area contributed by atoms with Crippen molar-refractivity contribution in [2.75, 3.05) is 11.9 Å². The minimum Gasteiger partial charge on any atom is -0.491 e. The van der Waals surface area contributed by atoms with Crippen LogP contribution in [0.25, 0.3) is 11.0 Å². The molecular formula is C21H20F3N3O2. The quantitative estimate of drug-likeness (QED) is 0.627. The van der Waals surface area contributed by atoms with E-state index in [4.69, 9.17) is 4.74 Å². The van der Waals surface area contributed by atoms with Gasteiger partial charge in [0.05, 0.1) is 40.3 Å². The van der Waals surface area contributed by atoms with Crippen LogP contribution in [0.1, 0.15) is 40.7 Å². The molecule has 2 aromatic carbocycles. The van der Waals surface area contributed by atoms with E-state index in [1.54, 1.807) is 18.2 Å². The zero-order valence-corrected chi connectivity index (χ0v) is 16.2. The third-order valence-corrected chi connectivity index (χ3v) is 4.35. The number of hydrogen-bond acceptors (Lipinski definition) is 4. The van der Waals surface area contributed by atoms with Crippen molar-refractivity contribution in [2.45, 2.75) is 33.4 Å². The predicted molar refractivity (Wildman–Crippen MR) is 104 cm³/mol. The van der Waals surface area contributed by atoms with Crippen LogP contribution in [0.4, 0.5) is 18.9 Å². The average Bonchev–Trinajstić information content (AvgIpc) is 2.66. The molecule has 0 unspecified atom stereocenters. The van der Waals surface area contributed by atoms with Gasteiger partial charge in [0.25, 0.3) is 5.91 Å². The average molecular weight is 403 g/mol. The lowest BCUT2D eigenvalue weighted by molar-refractivity contribution is -0.137. The minimum absolute atomic E-state index is 0.0375. The number of amides is 1. The molecule has 1 amide bonds. The molecule has 5 nitrogen and oxygen atoms in total. The maximum absolute atomic E-state index is 13.1. The molecule has 152 valence electrons. The summed E-state index contributed by atoms with van der Waals surface area (Å²) >= 11 is 0. The van der Waals surface area contributed by atoms with Crippen molar-refractivity contribution < 1.29 is 22.7 Å². The Balaban J connectivity index is 1.94. The number of halogens is 3. The number of aromatic nitrogens is 2. The van der Waals surface area contributed by atoms with Crippen molar-refractivity contribution in [1.82, 2.24) is 9.97 Å². The SMILES string of the molecule is CCCOc1ccc(C(F)(F)F)cc1NC(=O)c1ccc2nc(C)c(C)nc2c1. The van der Waals surface area contributed by atoms with Gasteiger partial charge >= 0.3 is 6.18 Å². The molecule has 0 aliphatic rings. The molecule has 0 aliphatic heterocycles. The molecule has 0 radical (unpaired) electrons. The van der Waals surface area contributed by atoms with Crippen molar-refractivity contribution in [2.24, 2.45) is 0 Å². The number of rotatable bonds is 5. The molecule has 0 spiro atoms. The van der Waals surface area contributed by atoms with Crippen molar-refractivity contribution in [3.8, 4) is 5.75 Å². The van der Waals surface area contributed by atoms with Crippen LogP contribution in [0.5, 0.6) is 5.75 Å². The fourth-order valence-corrected chi connectivity index (χ4v) is 2.71. The number of nitrogens with one attached hydrogen (secondary N) is 1. The maximum atomic E-state index is 13.1. The zero-order chi connectivity index (χ0) is 21.2. The summed E-state index contributed by atoms with van der Waals surface area (Å²) in [6, 6.07) is 7.79. The Labute approximate surface area is 165 Å². The van der Waals surface area contributed by atoms with Crippen molar-refractivity contribution >= 4 is 22.6 Å². The highest BCUT2D eigenvalue weighted by Gasteiger charge is 2.31. The van der Waals surface area contributed by atoms with Crippen LogP contribution >= 0.6 is 0 Å². The number of anilines is 1. The van der Waals surface area contributed by atoms with E-state index in [-0.39, 0.29) is 17.0 Å². The van der Waals surface area contributed by atoms with Crippen LogP contribution in [-0.4, -0.2) is 22.5 Å². The largest absolute Gasteiger partial charge is 0.491 e. The molecule has 0 aliphatic carbocycles. The van der Waals surface area contributed by atoms with E-state index in [1.807, 2.05) is 20.8 Å². The summed E-state index contributed by atoms with van der Waals surface area (Å²) in [5.74, 6) is -0.382. The van der Waals surface area contributed by atoms with Crippen LogP contribution in [-0.2, 0) is 6.18 Å². The number of fused-ring (bicyclic) bond motifs is 1. The summed E-state index contributed by atoms with van der Waals surface area (Å²) in [6.45, 7) is 5.85. The normalized spacial score (nSPS) is 11.5. The number of hydrogen-bond donors (Lipinski definition) is 1. The molecule has 1 heterocycles. The first-order valence-electron chi connectivity index (χ1n) is 9.09. The van der Waals surface area contributed by atoms with Gasteiger partial charge < -0.3 is 10.1 Å². The van der Waals surface area contributed by atoms with Gasteiger partial charge in [-0.1, -0.05) is 6.92 Å². The van der Waals surface area contributed by atoms with Crippen molar-refractivity contribution in [1.29, 1.82) is 0 Å². The van der Waals surface area contributed by atoms with E-state index in [0.29, 0.717) is 24.1 Å². The van der Waals surface area contributed by atoms with Gasteiger partial charge in [-0.15, -0.1) is 0 Å². The van der Waals surface area contributed by atoms with Crippen molar-refractivity contribution in [3.63, 3.8) is 0 Å². The highest BCUT2D eigenvalue weighted by Crippen LogP contribution is 2.35. The lowest BCUT2D eigenvalue weighted by Gasteiger charge is -2.15. The van der Waals surface area contributed by atoms with Gasteiger partial charge in [-0.25, -0.2) is 9.97 Å². The molecule has 29 heavy (non-hydrogen) atoms. The highest BCUT2D eigenvalue weighted by molar-refractivity contribution is 6.06. The molecule has 0 saturated heterocycles. The van der Waals surface area contributed by atoms with E-state index in [2.05, 4.69) is 15.3 Å². The Kier molecular flexibility index (Phi) is 5.72. The molecular weight excluding hydrogens is 383 g/mol. The maximum Gasteiger partial charge on any atom is 0.416 e. The van der Waals surface area contributed by atoms with Gasteiger partial charge in [0, 0.05) is 5.56 Å². The molecule has 0 atom stereocenters. The summed E-state index contributed by atoms with van der Waals surface area (Å²) < 4.78 is 44.7. The third kappa shape index (κ3) is 4.64. The summed E-state index contributed by atoms with van der Waals surface area (Å²) in [7, 11) is 0. The fourth-order valence-electron chi connectivity index (χ4n) is 2.71. The van der Waals surface area contributed by atoms with Crippen LogP contribution in [0, 0.1) is 13.8 Å².